The van der Waals surface area contributed by atoms with Crippen LogP contribution >= 0.6 is 11.6 Å². The number of aromatic nitrogens is 1. The second-order valence-corrected chi connectivity index (χ2v) is 7.61. The standard InChI is InChI=1S/C20H26ClN3O2/c1-14(2)19-18(15(3)22-26-19)20(25)24-11-9-23(10-12-24)8-7-16-5-4-6-17(21)13-16/h4-6,13-14H,7-12H2,1-3H3. The molecule has 26 heavy (non-hydrogen) atoms. The van der Waals surface area contributed by atoms with E-state index in [0.717, 1.165) is 44.2 Å². The number of hydrogen-bond donors (Lipinski definition) is 0. The molecule has 0 radical (unpaired) electrons. The van der Waals surface area contributed by atoms with Crippen LogP contribution in [0.2, 0.25) is 5.02 Å². The highest BCUT2D eigenvalue weighted by molar-refractivity contribution is 6.30. The van der Waals surface area contributed by atoms with Crippen molar-refractivity contribution in [3.8, 4) is 0 Å². The lowest BCUT2D eigenvalue weighted by Gasteiger charge is -2.34. The molecule has 1 aliphatic heterocycles. The van der Waals surface area contributed by atoms with Crippen molar-refractivity contribution >= 4 is 17.5 Å². The van der Waals surface area contributed by atoms with Gasteiger partial charge in [0.25, 0.3) is 5.91 Å². The fourth-order valence-corrected chi connectivity index (χ4v) is 3.57. The van der Waals surface area contributed by atoms with E-state index in [0.29, 0.717) is 17.0 Å². The van der Waals surface area contributed by atoms with Gasteiger partial charge >= 0.3 is 0 Å². The molecule has 140 valence electrons. The number of halogens is 1. The SMILES string of the molecule is Cc1noc(C(C)C)c1C(=O)N1CCN(CCc2cccc(Cl)c2)CC1. The molecule has 2 aromatic rings. The van der Waals surface area contributed by atoms with E-state index >= 15 is 0 Å². The number of carbonyl (C=O) groups excluding carboxylic acids is 1. The van der Waals surface area contributed by atoms with Crippen molar-refractivity contribution in [3.63, 3.8) is 0 Å². The number of aryl methyl sites for hydroxylation is 1. The minimum atomic E-state index is 0.0435. The van der Waals surface area contributed by atoms with Crippen molar-refractivity contribution < 1.29 is 9.32 Å². The third-order valence-corrected chi connectivity index (χ3v) is 5.13. The Balaban J connectivity index is 1.55. The van der Waals surface area contributed by atoms with Crippen LogP contribution in [0.5, 0.6) is 0 Å². The molecule has 1 fully saturated rings. The molecule has 3 rings (SSSR count). The van der Waals surface area contributed by atoms with E-state index in [4.69, 9.17) is 16.1 Å². The normalized spacial score (nSPS) is 15.7. The van der Waals surface area contributed by atoms with Gasteiger partial charge in [-0.15, -0.1) is 0 Å². The van der Waals surface area contributed by atoms with Gasteiger partial charge in [0.2, 0.25) is 0 Å². The largest absolute Gasteiger partial charge is 0.360 e. The second-order valence-electron chi connectivity index (χ2n) is 7.18. The van der Waals surface area contributed by atoms with Crippen molar-refractivity contribution in [1.29, 1.82) is 0 Å². The molecule has 1 saturated heterocycles. The molecule has 1 aromatic carbocycles. The average molecular weight is 376 g/mol. The number of nitrogens with zero attached hydrogens (tertiary/aromatic N) is 3. The Morgan fingerprint density at radius 2 is 2.00 bits per heavy atom. The molecule has 1 aliphatic rings. The van der Waals surface area contributed by atoms with Gasteiger partial charge in [0.1, 0.15) is 5.56 Å². The summed E-state index contributed by atoms with van der Waals surface area (Å²) in [7, 11) is 0. The Morgan fingerprint density at radius 3 is 2.65 bits per heavy atom. The van der Waals surface area contributed by atoms with E-state index in [1.54, 1.807) is 0 Å². The molecule has 0 atom stereocenters. The van der Waals surface area contributed by atoms with Crippen LogP contribution in [0.4, 0.5) is 0 Å². The van der Waals surface area contributed by atoms with Crippen molar-refractivity contribution in [2.24, 2.45) is 0 Å². The van der Waals surface area contributed by atoms with Gasteiger partial charge in [-0.3, -0.25) is 9.69 Å². The Morgan fingerprint density at radius 1 is 1.27 bits per heavy atom. The zero-order valence-corrected chi connectivity index (χ0v) is 16.4. The molecule has 0 saturated carbocycles. The highest BCUT2D eigenvalue weighted by Crippen LogP contribution is 2.24. The Hall–Kier alpha value is -1.85. The Kier molecular flexibility index (Phi) is 5.99. The topological polar surface area (TPSA) is 49.6 Å². The summed E-state index contributed by atoms with van der Waals surface area (Å²) in [5.41, 5.74) is 2.58. The minimum absolute atomic E-state index is 0.0435. The minimum Gasteiger partial charge on any atom is -0.360 e. The zero-order chi connectivity index (χ0) is 18.7. The number of rotatable bonds is 5. The summed E-state index contributed by atoms with van der Waals surface area (Å²) in [4.78, 5) is 17.2. The molecule has 1 aromatic heterocycles. The molecular weight excluding hydrogens is 350 g/mol. The van der Waals surface area contributed by atoms with Gasteiger partial charge in [0.15, 0.2) is 5.76 Å². The first-order chi connectivity index (χ1) is 12.5. The fraction of sp³-hybridized carbons (Fsp3) is 0.500. The number of hydrogen-bond acceptors (Lipinski definition) is 4. The van der Waals surface area contributed by atoms with Gasteiger partial charge < -0.3 is 9.42 Å². The number of carbonyl (C=O) groups is 1. The first-order valence-corrected chi connectivity index (χ1v) is 9.55. The van der Waals surface area contributed by atoms with Crippen LogP contribution in [0.1, 0.15) is 47.1 Å². The van der Waals surface area contributed by atoms with Crippen LogP contribution < -0.4 is 0 Å². The van der Waals surface area contributed by atoms with Gasteiger partial charge in [0, 0.05) is 43.7 Å². The molecule has 0 spiro atoms. The summed E-state index contributed by atoms with van der Waals surface area (Å²) in [6, 6.07) is 8.01. The maximum absolute atomic E-state index is 12.9. The van der Waals surface area contributed by atoms with Crippen LogP contribution in [0, 0.1) is 6.92 Å². The number of piperazine rings is 1. The lowest BCUT2D eigenvalue weighted by atomic mass is 10.0. The molecule has 6 heteroatoms. The molecule has 1 amide bonds. The average Bonchev–Trinajstić information content (AvgIpc) is 3.02. The maximum Gasteiger partial charge on any atom is 0.259 e. The van der Waals surface area contributed by atoms with Crippen LogP contribution in [-0.4, -0.2) is 53.6 Å². The summed E-state index contributed by atoms with van der Waals surface area (Å²) in [5.74, 6) is 0.881. The summed E-state index contributed by atoms with van der Waals surface area (Å²) >= 11 is 6.05. The summed E-state index contributed by atoms with van der Waals surface area (Å²) < 4.78 is 5.37. The summed E-state index contributed by atoms with van der Waals surface area (Å²) in [5, 5.41) is 4.78. The van der Waals surface area contributed by atoms with E-state index < -0.39 is 0 Å². The van der Waals surface area contributed by atoms with E-state index in [9.17, 15) is 4.79 Å². The molecule has 0 N–H and O–H groups in total. The summed E-state index contributed by atoms with van der Waals surface area (Å²) in [6.07, 6.45) is 0.969. The van der Waals surface area contributed by atoms with E-state index in [2.05, 4.69) is 16.1 Å². The van der Waals surface area contributed by atoms with Crippen LogP contribution in [0.3, 0.4) is 0 Å². The monoisotopic (exact) mass is 375 g/mol. The van der Waals surface area contributed by atoms with E-state index in [1.807, 2.05) is 43.9 Å². The predicted octanol–water partition coefficient (Wildman–Crippen LogP) is 3.76. The quantitative estimate of drug-likeness (QED) is 0.798. The van der Waals surface area contributed by atoms with Gasteiger partial charge in [0.05, 0.1) is 5.69 Å². The molecule has 0 aliphatic carbocycles. The van der Waals surface area contributed by atoms with E-state index in [1.165, 1.54) is 5.56 Å². The lowest BCUT2D eigenvalue weighted by Crippen LogP contribution is -2.49. The number of benzene rings is 1. The number of amides is 1. The summed E-state index contributed by atoms with van der Waals surface area (Å²) in [6.45, 7) is 10.1. The molecule has 2 heterocycles. The molecule has 0 unspecified atom stereocenters. The van der Waals surface area contributed by atoms with Crippen LogP contribution in [0.25, 0.3) is 0 Å². The van der Waals surface area contributed by atoms with Crippen molar-refractivity contribution in [2.45, 2.75) is 33.1 Å². The third-order valence-electron chi connectivity index (χ3n) is 4.89. The molecule has 5 nitrogen and oxygen atoms in total. The highest BCUT2D eigenvalue weighted by Gasteiger charge is 2.28. The smallest absolute Gasteiger partial charge is 0.259 e. The first kappa shape index (κ1) is 18.9. The van der Waals surface area contributed by atoms with Crippen LogP contribution in [0.15, 0.2) is 28.8 Å². The van der Waals surface area contributed by atoms with Gasteiger partial charge in [-0.1, -0.05) is 42.7 Å². The van der Waals surface area contributed by atoms with E-state index in [-0.39, 0.29) is 11.8 Å². The second kappa shape index (κ2) is 8.23. The lowest BCUT2D eigenvalue weighted by molar-refractivity contribution is 0.0635. The fourth-order valence-electron chi connectivity index (χ4n) is 3.35. The van der Waals surface area contributed by atoms with Gasteiger partial charge in [-0.2, -0.15) is 0 Å². The first-order valence-electron chi connectivity index (χ1n) is 9.18. The van der Waals surface area contributed by atoms with Crippen molar-refractivity contribution in [2.75, 3.05) is 32.7 Å². The van der Waals surface area contributed by atoms with Gasteiger partial charge in [-0.25, -0.2) is 0 Å². The van der Waals surface area contributed by atoms with Gasteiger partial charge in [-0.05, 0) is 31.0 Å². The Bertz CT molecular complexity index is 764. The third kappa shape index (κ3) is 4.27. The Labute approximate surface area is 159 Å². The molecular formula is C20H26ClN3O2. The zero-order valence-electron chi connectivity index (χ0n) is 15.7. The van der Waals surface area contributed by atoms with Crippen molar-refractivity contribution in [1.82, 2.24) is 15.0 Å². The molecule has 0 bridgehead atoms. The van der Waals surface area contributed by atoms with Crippen molar-refractivity contribution in [3.05, 3.63) is 51.9 Å². The maximum atomic E-state index is 12.9. The predicted molar refractivity (Wildman–Crippen MR) is 103 cm³/mol. The highest BCUT2D eigenvalue weighted by atomic mass is 35.5. The van der Waals surface area contributed by atoms with Crippen LogP contribution in [-0.2, 0) is 6.42 Å².